The molecule has 0 aromatic heterocycles. The van der Waals surface area contributed by atoms with Crippen molar-refractivity contribution in [2.45, 2.75) is 39.6 Å². The topological polar surface area (TPSA) is 173 Å². The number of aliphatic hydroxyl groups excluding tert-OH is 1. The van der Waals surface area contributed by atoms with Crippen LogP contribution in [0.15, 0.2) is 75.4 Å². The maximum absolute atomic E-state index is 12.5. The van der Waals surface area contributed by atoms with Crippen molar-refractivity contribution in [2.75, 3.05) is 26.9 Å². The Morgan fingerprint density at radius 1 is 1.06 bits per heavy atom. The van der Waals surface area contributed by atoms with Gasteiger partial charge in [-0.05, 0) is 89.8 Å². The van der Waals surface area contributed by atoms with E-state index in [2.05, 4.69) is 43.2 Å². The number of nitrogens with one attached hydrogen (secondary N) is 3. The number of hydrogen-bond acceptors (Lipinski definition) is 11. The summed E-state index contributed by atoms with van der Waals surface area (Å²) >= 11 is 3.55. The minimum absolute atomic E-state index is 0.177. The number of esters is 1. The van der Waals surface area contributed by atoms with Gasteiger partial charge in [-0.2, -0.15) is 10.4 Å². The zero-order valence-corrected chi connectivity index (χ0v) is 28.4. The van der Waals surface area contributed by atoms with E-state index in [-0.39, 0.29) is 18.8 Å². The number of urea groups is 1. The summed E-state index contributed by atoms with van der Waals surface area (Å²) in [6.07, 6.45) is 0.337. The number of allylic oxidation sites excluding steroid dienone is 1. The molecule has 0 saturated carbocycles. The average Bonchev–Trinajstić information content (AvgIpc) is 3.07. The van der Waals surface area contributed by atoms with E-state index in [9.17, 15) is 14.7 Å². The molecule has 14 heteroatoms. The first-order chi connectivity index (χ1) is 23.2. The summed E-state index contributed by atoms with van der Waals surface area (Å²) in [5.74, 6) is 1.14. The number of ether oxygens (including phenoxy) is 5. The van der Waals surface area contributed by atoms with Crippen LogP contribution in [0.1, 0.15) is 49.1 Å². The number of carbonyl (C=O) groups is 2. The van der Waals surface area contributed by atoms with Gasteiger partial charge in [0.1, 0.15) is 13.2 Å². The molecule has 0 fully saturated rings. The number of nitriles is 1. The largest absolute Gasteiger partial charge is 0.490 e. The van der Waals surface area contributed by atoms with Crippen LogP contribution in [0.5, 0.6) is 23.0 Å². The van der Waals surface area contributed by atoms with Gasteiger partial charge in [0.05, 0.1) is 54.3 Å². The highest BCUT2D eigenvalue weighted by molar-refractivity contribution is 9.10. The molecule has 0 radical (unpaired) electrons. The van der Waals surface area contributed by atoms with Crippen LogP contribution < -0.4 is 35.0 Å². The van der Waals surface area contributed by atoms with Crippen LogP contribution in [-0.4, -0.2) is 56.5 Å². The standard InChI is InChI=1S/C34H36BrN5O8/c1-5-45-27-15-24(31-30(33(42)44-4)20(3)38-34(43)39-31)11-12-26(27)47-19-29(41)40-37-17-23-13-25(35)32(28(14-23)46-6-2)48-18-22-9-7-21(16-36)8-10-22/h7-15,17,29,31,40-41H,5-6,18-19H2,1-4H3,(H2,38,39,43)/b37-17+/t29-,31-/m0/s1. The molecule has 3 aromatic carbocycles. The minimum atomic E-state index is -1.18. The second-order valence-electron chi connectivity index (χ2n) is 10.3. The van der Waals surface area contributed by atoms with E-state index in [0.29, 0.717) is 63.1 Å². The summed E-state index contributed by atoms with van der Waals surface area (Å²) in [4.78, 5) is 24.7. The van der Waals surface area contributed by atoms with Gasteiger partial charge >= 0.3 is 12.0 Å². The molecular weight excluding hydrogens is 686 g/mol. The summed E-state index contributed by atoms with van der Waals surface area (Å²) < 4.78 is 29.0. The monoisotopic (exact) mass is 721 g/mol. The van der Waals surface area contributed by atoms with Crippen LogP contribution in [-0.2, 0) is 16.1 Å². The number of rotatable bonds is 15. The Labute approximate surface area is 286 Å². The SMILES string of the molecule is CCOc1cc([C@@H]2NC(=O)NC(C)=C2C(=O)OC)ccc1OC[C@H](O)N/N=C/c1cc(Br)c(OCc2ccc(C#N)cc2)c(OCC)c1. The van der Waals surface area contributed by atoms with Crippen molar-refractivity contribution < 1.29 is 38.4 Å². The van der Waals surface area contributed by atoms with Crippen LogP contribution in [0.4, 0.5) is 4.79 Å². The lowest BCUT2D eigenvalue weighted by Gasteiger charge is -2.28. The van der Waals surface area contributed by atoms with Crippen LogP contribution in [0.2, 0.25) is 0 Å². The third kappa shape index (κ3) is 9.18. The van der Waals surface area contributed by atoms with Crippen molar-refractivity contribution in [3.63, 3.8) is 0 Å². The fraction of sp³-hybridized carbons (Fsp3) is 0.294. The zero-order valence-electron chi connectivity index (χ0n) is 26.8. The number of hydrogen-bond donors (Lipinski definition) is 4. The maximum Gasteiger partial charge on any atom is 0.337 e. The second kappa shape index (κ2) is 17.1. The molecule has 13 nitrogen and oxygen atoms in total. The smallest absolute Gasteiger partial charge is 0.337 e. The van der Waals surface area contributed by atoms with Crippen LogP contribution in [0, 0.1) is 11.3 Å². The number of methoxy groups -OCH3 is 1. The van der Waals surface area contributed by atoms with Crippen molar-refractivity contribution in [1.29, 1.82) is 5.26 Å². The number of benzene rings is 3. The number of aliphatic hydroxyl groups is 1. The van der Waals surface area contributed by atoms with Crippen molar-refractivity contribution in [1.82, 2.24) is 16.1 Å². The Bertz CT molecular complexity index is 1720. The van der Waals surface area contributed by atoms with E-state index in [1.54, 1.807) is 56.3 Å². The predicted molar refractivity (Wildman–Crippen MR) is 180 cm³/mol. The van der Waals surface area contributed by atoms with Crippen LogP contribution >= 0.6 is 15.9 Å². The van der Waals surface area contributed by atoms with Gasteiger partial charge in [-0.3, -0.25) is 5.43 Å². The van der Waals surface area contributed by atoms with E-state index < -0.39 is 24.3 Å². The molecule has 4 N–H and O–H groups in total. The summed E-state index contributed by atoms with van der Waals surface area (Å²) in [6, 6.07) is 16.5. The summed E-state index contributed by atoms with van der Waals surface area (Å²) in [5.41, 5.74) is 5.99. The van der Waals surface area contributed by atoms with Gasteiger partial charge in [-0.25, -0.2) is 9.59 Å². The third-order valence-electron chi connectivity index (χ3n) is 6.91. The van der Waals surface area contributed by atoms with Crippen molar-refractivity contribution in [3.05, 3.63) is 92.6 Å². The number of halogens is 1. The Hall–Kier alpha value is -5.26. The highest BCUT2D eigenvalue weighted by Gasteiger charge is 2.32. The van der Waals surface area contributed by atoms with Gasteiger partial charge < -0.3 is 39.4 Å². The van der Waals surface area contributed by atoms with E-state index in [0.717, 1.165) is 5.56 Å². The number of carbonyl (C=O) groups excluding carboxylic acids is 2. The molecule has 252 valence electrons. The molecule has 2 amide bonds. The molecule has 0 unspecified atom stereocenters. The van der Waals surface area contributed by atoms with E-state index >= 15 is 0 Å². The van der Waals surface area contributed by atoms with Gasteiger partial charge in [0.2, 0.25) is 0 Å². The van der Waals surface area contributed by atoms with E-state index in [4.69, 9.17) is 28.9 Å². The third-order valence-corrected chi connectivity index (χ3v) is 7.50. The molecule has 0 bridgehead atoms. The summed E-state index contributed by atoms with van der Waals surface area (Å²) in [6.45, 7) is 6.13. The molecule has 1 aliphatic heterocycles. The number of hydrazone groups is 1. The summed E-state index contributed by atoms with van der Waals surface area (Å²) in [7, 11) is 1.27. The fourth-order valence-corrected chi connectivity index (χ4v) is 5.29. The van der Waals surface area contributed by atoms with Gasteiger partial charge in [0.15, 0.2) is 29.2 Å². The highest BCUT2D eigenvalue weighted by Crippen LogP contribution is 2.37. The quantitative estimate of drug-likeness (QED) is 0.0738. The Morgan fingerprint density at radius 2 is 1.79 bits per heavy atom. The zero-order chi connectivity index (χ0) is 34.6. The molecule has 0 aliphatic carbocycles. The lowest BCUT2D eigenvalue weighted by Crippen LogP contribution is -2.45. The first-order valence-corrected chi connectivity index (χ1v) is 15.8. The molecule has 1 heterocycles. The highest BCUT2D eigenvalue weighted by atomic mass is 79.9. The molecule has 1 aliphatic rings. The van der Waals surface area contributed by atoms with Crippen LogP contribution in [0.25, 0.3) is 0 Å². The van der Waals surface area contributed by atoms with Gasteiger partial charge in [-0.15, -0.1) is 0 Å². The average molecular weight is 723 g/mol. The lowest BCUT2D eigenvalue weighted by atomic mass is 9.95. The molecular formula is C34H36BrN5O8. The molecule has 0 spiro atoms. The molecule has 2 atom stereocenters. The van der Waals surface area contributed by atoms with Crippen molar-refractivity contribution in [3.8, 4) is 29.1 Å². The minimum Gasteiger partial charge on any atom is -0.490 e. The Balaban J connectivity index is 1.40. The Kier molecular flexibility index (Phi) is 12.6. The normalized spacial score (nSPS) is 14.8. The Morgan fingerprint density at radius 3 is 2.48 bits per heavy atom. The summed E-state index contributed by atoms with van der Waals surface area (Å²) in [5, 5.41) is 29.0. The van der Waals surface area contributed by atoms with E-state index in [1.807, 2.05) is 19.1 Å². The molecule has 48 heavy (non-hydrogen) atoms. The fourth-order valence-electron chi connectivity index (χ4n) is 4.72. The number of amides is 2. The van der Waals surface area contributed by atoms with E-state index in [1.165, 1.54) is 13.3 Å². The number of nitrogens with zero attached hydrogens (tertiary/aromatic N) is 2. The molecule has 0 saturated heterocycles. The first kappa shape index (κ1) is 35.6. The maximum atomic E-state index is 12.5. The van der Waals surface area contributed by atoms with Crippen molar-refractivity contribution in [2.24, 2.45) is 5.10 Å². The molecule has 3 aromatic rings. The van der Waals surface area contributed by atoms with Gasteiger partial charge in [-0.1, -0.05) is 18.2 Å². The lowest BCUT2D eigenvalue weighted by molar-refractivity contribution is -0.136. The van der Waals surface area contributed by atoms with Gasteiger partial charge in [0, 0.05) is 5.70 Å². The van der Waals surface area contributed by atoms with Crippen molar-refractivity contribution >= 4 is 34.1 Å². The predicted octanol–water partition coefficient (Wildman–Crippen LogP) is 4.82. The van der Waals surface area contributed by atoms with Gasteiger partial charge in [0.25, 0.3) is 0 Å². The molecule has 4 rings (SSSR count). The first-order valence-electron chi connectivity index (χ1n) is 15.0. The second-order valence-corrected chi connectivity index (χ2v) is 11.1. The van der Waals surface area contributed by atoms with Crippen LogP contribution in [0.3, 0.4) is 0 Å².